The Balaban J connectivity index is 1.91. The van der Waals surface area contributed by atoms with Crippen molar-refractivity contribution < 1.29 is 9.90 Å². The van der Waals surface area contributed by atoms with Gasteiger partial charge in [0.2, 0.25) is 0 Å². The van der Waals surface area contributed by atoms with E-state index in [2.05, 4.69) is 20.7 Å². The molecule has 0 radical (unpaired) electrons. The Bertz CT molecular complexity index is 654. The molecular formula is C17H25N5O2. The van der Waals surface area contributed by atoms with E-state index in [1.807, 2.05) is 45.0 Å². The number of carbonyl (C=O) groups is 1. The van der Waals surface area contributed by atoms with Gasteiger partial charge in [-0.3, -0.25) is 10.3 Å². The van der Waals surface area contributed by atoms with Crippen LogP contribution in [-0.4, -0.2) is 38.6 Å². The standard InChI is InChI=1S/C17H25N5O2/c1-12(2)15(23)7-9-19-17(24)20-16-10-13(3)21-22(16)11-14-6-4-5-8-18-14/h4-6,8,10,12,15,23H,7,9,11H2,1-3H3,(H2,19,20,24). The third-order valence-corrected chi connectivity index (χ3v) is 3.68. The van der Waals surface area contributed by atoms with Gasteiger partial charge in [0.05, 0.1) is 24.0 Å². The average Bonchev–Trinajstić information content (AvgIpc) is 2.87. The van der Waals surface area contributed by atoms with Crippen LogP contribution >= 0.6 is 0 Å². The van der Waals surface area contributed by atoms with Crippen molar-refractivity contribution in [1.29, 1.82) is 0 Å². The highest BCUT2D eigenvalue weighted by atomic mass is 16.3. The van der Waals surface area contributed by atoms with Crippen LogP contribution in [0, 0.1) is 12.8 Å². The lowest BCUT2D eigenvalue weighted by atomic mass is 10.0. The van der Waals surface area contributed by atoms with E-state index in [9.17, 15) is 9.90 Å². The molecule has 2 aromatic rings. The summed E-state index contributed by atoms with van der Waals surface area (Å²) in [7, 11) is 0. The molecule has 0 bridgehead atoms. The Morgan fingerprint density at radius 2 is 2.17 bits per heavy atom. The molecule has 0 saturated carbocycles. The zero-order valence-electron chi connectivity index (χ0n) is 14.4. The van der Waals surface area contributed by atoms with Crippen LogP contribution in [0.1, 0.15) is 31.7 Å². The van der Waals surface area contributed by atoms with Crippen molar-refractivity contribution in [2.24, 2.45) is 5.92 Å². The number of hydrogen-bond donors (Lipinski definition) is 3. The fraction of sp³-hybridized carbons (Fsp3) is 0.471. The molecule has 2 aromatic heterocycles. The van der Waals surface area contributed by atoms with Gasteiger partial charge in [-0.2, -0.15) is 5.10 Å². The number of aryl methyl sites for hydroxylation is 1. The maximum atomic E-state index is 12.0. The summed E-state index contributed by atoms with van der Waals surface area (Å²) in [4.78, 5) is 16.3. The van der Waals surface area contributed by atoms with Gasteiger partial charge < -0.3 is 10.4 Å². The smallest absolute Gasteiger partial charge is 0.320 e. The largest absolute Gasteiger partial charge is 0.393 e. The van der Waals surface area contributed by atoms with Crippen LogP contribution in [0.3, 0.4) is 0 Å². The summed E-state index contributed by atoms with van der Waals surface area (Å²) in [5.41, 5.74) is 1.68. The first-order valence-corrected chi connectivity index (χ1v) is 8.13. The molecule has 1 unspecified atom stereocenters. The highest BCUT2D eigenvalue weighted by Gasteiger charge is 2.12. The lowest BCUT2D eigenvalue weighted by Crippen LogP contribution is -2.33. The van der Waals surface area contributed by atoms with Crippen LogP contribution in [0.5, 0.6) is 0 Å². The number of anilines is 1. The third kappa shape index (κ3) is 5.34. The van der Waals surface area contributed by atoms with Gasteiger partial charge in [0.25, 0.3) is 0 Å². The van der Waals surface area contributed by atoms with Crippen molar-refractivity contribution in [3.63, 3.8) is 0 Å². The molecule has 130 valence electrons. The number of hydrogen-bond acceptors (Lipinski definition) is 4. The van der Waals surface area contributed by atoms with E-state index in [-0.39, 0.29) is 11.9 Å². The van der Waals surface area contributed by atoms with Crippen LogP contribution in [-0.2, 0) is 6.54 Å². The molecule has 2 amide bonds. The molecule has 0 fully saturated rings. The van der Waals surface area contributed by atoms with E-state index in [0.29, 0.717) is 25.3 Å². The molecule has 1 atom stereocenters. The number of aliphatic hydroxyl groups is 1. The Kier molecular flexibility index (Phi) is 6.31. The van der Waals surface area contributed by atoms with Gasteiger partial charge in [-0.1, -0.05) is 19.9 Å². The highest BCUT2D eigenvalue weighted by molar-refractivity contribution is 5.88. The third-order valence-electron chi connectivity index (χ3n) is 3.68. The number of amides is 2. The fourth-order valence-corrected chi connectivity index (χ4v) is 2.24. The first-order valence-electron chi connectivity index (χ1n) is 8.13. The molecule has 2 heterocycles. The second-order valence-electron chi connectivity index (χ2n) is 6.13. The molecular weight excluding hydrogens is 306 g/mol. The first-order chi connectivity index (χ1) is 11.5. The molecule has 0 aliphatic rings. The van der Waals surface area contributed by atoms with E-state index in [4.69, 9.17) is 0 Å². The van der Waals surface area contributed by atoms with Gasteiger partial charge in [0, 0.05) is 18.8 Å². The quantitative estimate of drug-likeness (QED) is 0.725. The van der Waals surface area contributed by atoms with Gasteiger partial charge in [0.15, 0.2) is 0 Å². The first kappa shape index (κ1) is 17.9. The van der Waals surface area contributed by atoms with Gasteiger partial charge in [-0.25, -0.2) is 9.48 Å². The summed E-state index contributed by atoms with van der Waals surface area (Å²) in [6, 6.07) is 7.18. The van der Waals surface area contributed by atoms with E-state index in [1.165, 1.54) is 0 Å². The fourth-order valence-electron chi connectivity index (χ4n) is 2.24. The minimum Gasteiger partial charge on any atom is -0.393 e. The lowest BCUT2D eigenvalue weighted by Gasteiger charge is -2.15. The van der Waals surface area contributed by atoms with Gasteiger partial charge in [-0.05, 0) is 31.4 Å². The molecule has 3 N–H and O–H groups in total. The molecule has 7 heteroatoms. The topological polar surface area (TPSA) is 92.1 Å². The lowest BCUT2D eigenvalue weighted by molar-refractivity contribution is 0.117. The average molecular weight is 331 g/mol. The van der Waals surface area contributed by atoms with E-state index < -0.39 is 6.10 Å². The SMILES string of the molecule is Cc1cc(NC(=O)NCCC(O)C(C)C)n(Cc2ccccn2)n1. The van der Waals surface area contributed by atoms with Crippen molar-refractivity contribution in [3.8, 4) is 0 Å². The summed E-state index contributed by atoms with van der Waals surface area (Å²) in [5.74, 6) is 0.789. The molecule has 7 nitrogen and oxygen atoms in total. The molecule has 0 aliphatic carbocycles. The van der Waals surface area contributed by atoms with E-state index in [1.54, 1.807) is 10.9 Å². The number of rotatable bonds is 7. The monoisotopic (exact) mass is 331 g/mol. The number of urea groups is 1. The summed E-state index contributed by atoms with van der Waals surface area (Å²) >= 11 is 0. The van der Waals surface area contributed by atoms with E-state index >= 15 is 0 Å². The number of nitrogens with one attached hydrogen (secondary N) is 2. The number of aromatic nitrogens is 3. The summed E-state index contributed by atoms with van der Waals surface area (Å²) in [6.07, 6.45) is 1.84. The van der Waals surface area contributed by atoms with Crippen LogP contribution in [0.15, 0.2) is 30.5 Å². The van der Waals surface area contributed by atoms with E-state index in [0.717, 1.165) is 11.4 Å². The van der Waals surface area contributed by atoms with Crippen molar-refractivity contribution in [1.82, 2.24) is 20.1 Å². The summed E-state index contributed by atoms with van der Waals surface area (Å²) < 4.78 is 1.71. The zero-order valence-corrected chi connectivity index (χ0v) is 14.4. The Hall–Kier alpha value is -2.41. The second-order valence-corrected chi connectivity index (χ2v) is 6.13. The van der Waals surface area contributed by atoms with Crippen molar-refractivity contribution >= 4 is 11.8 Å². The van der Waals surface area contributed by atoms with Crippen molar-refractivity contribution in [3.05, 3.63) is 41.9 Å². The zero-order chi connectivity index (χ0) is 17.5. The van der Waals surface area contributed by atoms with Gasteiger partial charge in [-0.15, -0.1) is 0 Å². The number of nitrogens with zero attached hydrogens (tertiary/aromatic N) is 3. The van der Waals surface area contributed by atoms with Crippen molar-refractivity contribution in [2.75, 3.05) is 11.9 Å². The number of carbonyl (C=O) groups excluding carboxylic acids is 1. The summed E-state index contributed by atoms with van der Waals surface area (Å²) in [5, 5.41) is 19.7. The predicted octanol–water partition coefficient (Wildman–Crippen LogP) is 2.16. The van der Waals surface area contributed by atoms with Crippen LogP contribution in [0.2, 0.25) is 0 Å². The molecule has 0 saturated heterocycles. The number of pyridine rings is 1. The molecule has 0 spiro atoms. The Morgan fingerprint density at radius 1 is 1.38 bits per heavy atom. The second kappa shape index (κ2) is 8.44. The normalized spacial score (nSPS) is 12.2. The maximum Gasteiger partial charge on any atom is 0.320 e. The molecule has 24 heavy (non-hydrogen) atoms. The minimum absolute atomic E-state index is 0.178. The number of aliphatic hydroxyl groups excluding tert-OH is 1. The highest BCUT2D eigenvalue weighted by Crippen LogP contribution is 2.12. The van der Waals surface area contributed by atoms with Crippen LogP contribution in [0.4, 0.5) is 10.6 Å². The van der Waals surface area contributed by atoms with Crippen LogP contribution in [0.25, 0.3) is 0 Å². The van der Waals surface area contributed by atoms with Gasteiger partial charge >= 0.3 is 6.03 Å². The summed E-state index contributed by atoms with van der Waals surface area (Å²) in [6.45, 7) is 6.67. The Morgan fingerprint density at radius 3 is 2.83 bits per heavy atom. The van der Waals surface area contributed by atoms with Crippen molar-refractivity contribution in [2.45, 2.75) is 39.8 Å². The van der Waals surface area contributed by atoms with Gasteiger partial charge in [0.1, 0.15) is 5.82 Å². The molecule has 2 rings (SSSR count). The Labute approximate surface area is 142 Å². The molecule has 0 aromatic carbocycles. The van der Waals surface area contributed by atoms with Crippen LogP contribution < -0.4 is 10.6 Å². The minimum atomic E-state index is -0.415. The maximum absolute atomic E-state index is 12.0. The molecule has 0 aliphatic heterocycles. The predicted molar refractivity (Wildman–Crippen MR) is 92.8 cm³/mol.